The van der Waals surface area contributed by atoms with E-state index in [4.69, 9.17) is 23.2 Å². The summed E-state index contributed by atoms with van der Waals surface area (Å²) in [4.78, 5) is 11.1. The third kappa shape index (κ3) is 1.43. The average Bonchev–Trinajstić information content (AvgIpc) is 2.16. The zero-order valence-corrected chi connectivity index (χ0v) is 8.70. The largest absolute Gasteiger partial charge is 0.299 e. The first-order valence-corrected chi connectivity index (χ1v) is 5.03. The topological polar surface area (TPSA) is 17.1 Å². The second-order valence-corrected chi connectivity index (χ2v) is 4.11. The van der Waals surface area contributed by atoms with Crippen LogP contribution in [-0.4, -0.2) is 5.78 Å². The first-order valence-electron chi connectivity index (χ1n) is 4.27. The molecule has 4 heteroatoms. The van der Waals surface area contributed by atoms with Crippen molar-refractivity contribution in [1.29, 1.82) is 0 Å². The third-order valence-electron chi connectivity index (χ3n) is 2.51. The van der Waals surface area contributed by atoms with Crippen LogP contribution < -0.4 is 0 Å². The number of carbonyl (C=O) groups excluding carboxylic acids is 1. The van der Waals surface area contributed by atoms with Gasteiger partial charge in [-0.3, -0.25) is 4.79 Å². The van der Waals surface area contributed by atoms with Crippen LogP contribution in [0.2, 0.25) is 10.0 Å². The summed E-state index contributed by atoms with van der Waals surface area (Å²) in [6.45, 7) is 0. The first-order chi connectivity index (χ1) is 6.61. The summed E-state index contributed by atoms with van der Waals surface area (Å²) in [5.41, 5.74) is 0.371. The Kier molecular flexibility index (Phi) is 2.50. The summed E-state index contributed by atoms with van der Waals surface area (Å²) >= 11 is 11.3. The van der Waals surface area contributed by atoms with Gasteiger partial charge in [-0.15, -0.1) is 0 Å². The Bertz CT molecular complexity index is 403. The Morgan fingerprint density at radius 1 is 1.36 bits per heavy atom. The molecule has 1 atom stereocenters. The van der Waals surface area contributed by atoms with E-state index in [-0.39, 0.29) is 21.7 Å². The van der Waals surface area contributed by atoms with E-state index in [1.807, 2.05) is 0 Å². The zero-order valence-electron chi connectivity index (χ0n) is 7.19. The Balaban J connectivity index is 2.44. The fraction of sp³-hybridized carbons (Fsp3) is 0.300. The molecule has 0 amide bonds. The minimum atomic E-state index is -0.558. The summed E-state index contributed by atoms with van der Waals surface area (Å²) in [5, 5.41) is 0.0866. The molecule has 0 spiro atoms. The summed E-state index contributed by atoms with van der Waals surface area (Å²) in [6, 6.07) is 3.05. The van der Waals surface area contributed by atoms with Crippen LogP contribution in [-0.2, 0) is 4.79 Å². The number of benzene rings is 1. The first kappa shape index (κ1) is 9.94. The maximum absolute atomic E-state index is 13.5. The van der Waals surface area contributed by atoms with Gasteiger partial charge in [-0.25, -0.2) is 4.39 Å². The molecule has 0 saturated heterocycles. The van der Waals surface area contributed by atoms with Gasteiger partial charge in [-0.1, -0.05) is 29.3 Å². The number of ketones is 1. The van der Waals surface area contributed by atoms with Crippen molar-refractivity contribution < 1.29 is 9.18 Å². The second kappa shape index (κ2) is 3.52. The Hall–Kier alpha value is -0.600. The van der Waals surface area contributed by atoms with Crippen LogP contribution in [0.1, 0.15) is 24.3 Å². The molecule has 0 N–H and O–H groups in total. The predicted molar refractivity (Wildman–Crippen MR) is 53.4 cm³/mol. The van der Waals surface area contributed by atoms with Gasteiger partial charge in [0.15, 0.2) is 0 Å². The van der Waals surface area contributed by atoms with Crippen LogP contribution in [0.5, 0.6) is 0 Å². The molecule has 14 heavy (non-hydrogen) atoms. The Labute approximate surface area is 90.8 Å². The van der Waals surface area contributed by atoms with Crippen LogP contribution in [0.3, 0.4) is 0 Å². The van der Waals surface area contributed by atoms with E-state index in [0.717, 1.165) is 0 Å². The molecule has 0 bridgehead atoms. The highest BCUT2D eigenvalue weighted by Gasteiger charge is 2.32. The predicted octanol–water partition coefficient (Wildman–Crippen LogP) is 3.58. The Morgan fingerprint density at radius 3 is 2.57 bits per heavy atom. The summed E-state index contributed by atoms with van der Waals surface area (Å²) < 4.78 is 13.5. The quantitative estimate of drug-likeness (QED) is 0.677. The highest BCUT2D eigenvalue weighted by atomic mass is 35.5. The highest BCUT2D eigenvalue weighted by Crippen LogP contribution is 2.38. The number of hydrogen-bond acceptors (Lipinski definition) is 1. The van der Waals surface area contributed by atoms with Crippen LogP contribution in [0, 0.1) is 5.82 Å². The van der Waals surface area contributed by atoms with Gasteiger partial charge in [0.2, 0.25) is 0 Å². The minimum absolute atomic E-state index is 0.0716. The van der Waals surface area contributed by atoms with Crippen molar-refractivity contribution >= 4 is 29.0 Å². The molecule has 1 fully saturated rings. The maximum Gasteiger partial charge on any atom is 0.147 e. The summed E-state index contributed by atoms with van der Waals surface area (Å²) in [7, 11) is 0. The SMILES string of the molecule is O=C1CCC1c1ccc(Cl)c(Cl)c1F. The number of Topliss-reactive ketones (excluding diaryl/α,β-unsaturated/α-hetero) is 1. The Morgan fingerprint density at radius 2 is 2.07 bits per heavy atom. The lowest BCUT2D eigenvalue weighted by Crippen LogP contribution is -2.24. The summed E-state index contributed by atoms with van der Waals surface area (Å²) in [5.74, 6) is -0.802. The molecule has 1 aliphatic rings. The summed E-state index contributed by atoms with van der Waals surface area (Å²) in [6.07, 6.45) is 1.23. The maximum atomic E-state index is 13.5. The van der Waals surface area contributed by atoms with E-state index in [0.29, 0.717) is 18.4 Å². The minimum Gasteiger partial charge on any atom is -0.299 e. The molecule has 1 aromatic rings. The molecule has 1 aromatic carbocycles. The zero-order chi connectivity index (χ0) is 10.3. The van der Waals surface area contributed by atoms with Gasteiger partial charge in [0.05, 0.1) is 10.0 Å². The van der Waals surface area contributed by atoms with Crippen molar-refractivity contribution in [2.75, 3.05) is 0 Å². The molecule has 1 saturated carbocycles. The lowest BCUT2D eigenvalue weighted by Gasteiger charge is -2.24. The van der Waals surface area contributed by atoms with Crippen LogP contribution >= 0.6 is 23.2 Å². The number of carbonyl (C=O) groups is 1. The molecule has 0 aliphatic heterocycles. The standard InChI is InChI=1S/C10H7Cl2FO/c11-7-3-1-6(10(13)9(7)12)5-2-4-8(5)14/h1,3,5H,2,4H2. The molecule has 2 rings (SSSR count). The van der Waals surface area contributed by atoms with Gasteiger partial charge in [0.1, 0.15) is 11.6 Å². The average molecular weight is 233 g/mol. The monoisotopic (exact) mass is 232 g/mol. The van der Waals surface area contributed by atoms with Gasteiger partial charge in [-0.05, 0) is 18.1 Å². The molecule has 0 radical (unpaired) electrons. The van der Waals surface area contributed by atoms with E-state index in [9.17, 15) is 9.18 Å². The van der Waals surface area contributed by atoms with Gasteiger partial charge in [-0.2, -0.15) is 0 Å². The van der Waals surface area contributed by atoms with E-state index >= 15 is 0 Å². The number of rotatable bonds is 1. The third-order valence-corrected chi connectivity index (χ3v) is 3.29. The van der Waals surface area contributed by atoms with Gasteiger partial charge in [0.25, 0.3) is 0 Å². The number of hydrogen-bond donors (Lipinski definition) is 0. The fourth-order valence-electron chi connectivity index (χ4n) is 1.55. The molecule has 1 unspecified atom stereocenters. The van der Waals surface area contributed by atoms with E-state index in [2.05, 4.69) is 0 Å². The highest BCUT2D eigenvalue weighted by molar-refractivity contribution is 6.42. The van der Waals surface area contributed by atoms with Crippen LogP contribution in [0.4, 0.5) is 4.39 Å². The van der Waals surface area contributed by atoms with E-state index in [1.54, 1.807) is 0 Å². The molecular weight excluding hydrogens is 226 g/mol. The smallest absolute Gasteiger partial charge is 0.147 e. The fourth-order valence-corrected chi connectivity index (χ4v) is 1.86. The van der Waals surface area contributed by atoms with Crippen molar-refractivity contribution in [1.82, 2.24) is 0 Å². The van der Waals surface area contributed by atoms with Crippen molar-refractivity contribution in [3.63, 3.8) is 0 Å². The number of halogens is 3. The van der Waals surface area contributed by atoms with Gasteiger partial charge < -0.3 is 0 Å². The lowest BCUT2D eigenvalue weighted by molar-refractivity contribution is -0.125. The molecule has 1 nitrogen and oxygen atoms in total. The van der Waals surface area contributed by atoms with Crippen molar-refractivity contribution in [3.05, 3.63) is 33.6 Å². The molecule has 0 aromatic heterocycles. The molecule has 74 valence electrons. The second-order valence-electron chi connectivity index (χ2n) is 3.32. The lowest BCUT2D eigenvalue weighted by atomic mass is 9.78. The molecular formula is C10H7Cl2FO. The van der Waals surface area contributed by atoms with Crippen molar-refractivity contribution in [2.24, 2.45) is 0 Å². The molecule has 0 heterocycles. The van der Waals surface area contributed by atoms with Crippen LogP contribution in [0.25, 0.3) is 0 Å². The van der Waals surface area contributed by atoms with E-state index < -0.39 is 5.82 Å². The van der Waals surface area contributed by atoms with Crippen molar-refractivity contribution in [3.8, 4) is 0 Å². The van der Waals surface area contributed by atoms with Gasteiger partial charge >= 0.3 is 0 Å². The van der Waals surface area contributed by atoms with E-state index in [1.165, 1.54) is 12.1 Å². The van der Waals surface area contributed by atoms with Crippen molar-refractivity contribution in [2.45, 2.75) is 18.8 Å². The normalized spacial score (nSPS) is 20.8. The van der Waals surface area contributed by atoms with Gasteiger partial charge in [0, 0.05) is 12.3 Å². The molecule has 1 aliphatic carbocycles. The van der Waals surface area contributed by atoms with Crippen LogP contribution in [0.15, 0.2) is 12.1 Å².